The highest BCUT2D eigenvalue weighted by Gasteiger charge is 2.13. The first-order valence-corrected chi connectivity index (χ1v) is 4.91. The van der Waals surface area contributed by atoms with Crippen molar-refractivity contribution < 1.29 is 9.84 Å². The molecule has 4 N–H and O–H groups in total. The third-order valence-electron chi connectivity index (χ3n) is 1.91. The zero-order valence-electron chi connectivity index (χ0n) is 8.46. The van der Waals surface area contributed by atoms with E-state index in [1.807, 2.05) is 5.48 Å². The van der Waals surface area contributed by atoms with E-state index in [2.05, 4.69) is 19.9 Å². The Bertz CT molecular complexity index is 537. The number of halogens is 1. The number of hydroxylamine groups is 1. The Hall–Kier alpha value is -2.12. The molecule has 7 nitrogen and oxygen atoms in total. The van der Waals surface area contributed by atoms with Crippen LogP contribution in [-0.2, 0) is 0 Å². The number of nitrogens with one attached hydrogen (secondary N) is 1. The third kappa shape index (κ3) is 2.52. The summed E-state index contributed by atoms with van der Waals surface area (Å²) in [6, 6.07) is 6.67. The number of hydrogen-bond acceptors (Lipinski definition) is 6. The average molecular weight is 254 g/mol. The predicted molar refractivity (Wildman–Crippen MR) is 61.3 cm³/mol. The van der Waals surface area contributed by atoms with Gasteiger partial charge in [0.2, 0.25) is 0 Å². The summed E-state index contributed by atoms with van der Waals surface area (Å²) in [5.41, 5.74) is 8.05. The Morgan fingerprint density at radius 2 is 2.06 bits per heavy atom. The van der Waals surface area contributed by atoms with Gasteiger partial charge >= 0.3 is 0 Å². The van der Waals surface area contributed by atoms with Crippen LogP contribution in [0.4, 0.5) is 11.5 Å². The van der Waals surface area contributed by atoms with Gasteiger partial charge in [0.05, 0.1) is 5.69 Å². The van der Waals surface area contributed by atoms with Crippen molar-refractivity contribution in [2.75, 3.05) is 5.73 Å². The van der Waals surface area contributed by atoms with E-state index in [0.29, 0.717) is 10.7 Å². The molecule has 0 aliphatic heterocycles. The van der Waals surface area contributed by atoms with Crippen molar-refractivity contribution in [1.29, 1.82) is 0 Å². The monoisotopic (exact) mass is 253 g/mol. The number of nitrogens with two attached hydrogens (primary N) is 1. The van der Waals surface area contributed by atoms with Crippen LogP contribution in [0, 0.1) is 0 Å². The molecule has 8 heteroatoms. The van der Waals surface area contributed by atoms with Crippen molar-refractivity contribution in [2.24, 2.45) is 4.99 Å². The van der Waals surface area contributed by atoms with E-state index in [1.165, 1.54) is 0 Å². The molecule has 1 aromatic carbocycles. The molecule has 0 aliphatic rings. The molecule has 1 heterocycles. The van der Waals surface area contributed by atoms with Crippen LogP contribution >= 0.6 is 11.6 Å². The Balaban J connectivity index is 2.36. The summed E-state index contributed by atoms with van der Waals surface area (Å²) in [7, 11) is 0. The molecule has 1 aromatic heterocycles. The molecule has 0 fully saturated rings. The van der Waals surface area contributed by atoms with Crippen LogP contribution in [-0.4, -0.2) is 21.4 Å². The molecular formula is C9H8ClN5O2. The highest BCUT2D eigenvalue weighted by Crippen LogP contribution is 2.17. The molecule has 0 bridgehead atoms. The van der Waals surface area contributed by atoms with E-state index in [9.17, 15) is 0 Å². The number of benzene rings is 1. The van der Waals surface area contributed by atoms with Crippen LogP contribution in [0.2, 0.25) is 5.02 Å². The molecule has 0 atom stereocenters. The summed E-state index contributed by atoms with van der Waals surface area (Å²) in [4.78, 5) is 4.08. The van der Waals surface area contributed by atoms with E-state index in [4.69, 9.17) is 22.5 Å². The Morgan fingerprint density at radius 1 is 1.35 bits per heavy atom. The second-order valence-electron chi connectivity index (χ2n) is 3.05. The van der Waals surface area contributed by atoms with Gasteiger partial charge in [-0.25, -0.2) is 9.62 Å². The number of hydrogen-bond donors (Lipinski definition) is 3. The third-order valence-corrected chi connectivity index (χ3v) is 2.16. The lowest BCUT2D eigenvalue weighted by molar-refractivity contribution is 0.234. The average Bonchev–Trinajstić information content (AvgIpc) is 2.75. The Morgan fingerprint density at radius 3 is 2.59 bits per heavy atom. The van der Waals surface area contributed by atoms with Crippen molar-refractivity contribution in [2.45, 2.75) is 0 Å². The molecule has 2 aromatic rings. The van der Waals surface area contributed by atoms with E-state index >= 15 is 0 Å². The number of rotatable bonds is 2. The van der Waals surface area contributed by atoms with Crippen molar-refractivity contribution in [1.82, 2.24) is 15.8 Å². The molecule has 0 unspecified atom stereocenters. The van der Waals surface area contributed by atoms with Crippen molar-refractivity contribution in [3.05, 3.63) is 35.0 Å². The molecule has 0 radical (unpaired) electrons. The first kappa shape index (κ1) is 11.4. The van der Waals surface area contributed by atoms with Gasteiger partial charge in [-0.15, -0.1) is 0 Å². The van der Waals surface area contributed by atoms with Crippen LogP contribution in [0.1, 0.15) is 5.69 Å². The first-order chi connectivity index (χ1) is 8.20. The lowest BCUT2D eigenvalue weighted by atomic mass is 10.3. The summed E-state index contributed by atoms with van der Waals surface area (Å²) in [6.07, 6.45) is 0. The van der Waals surface area contributed by atoms with Crippen LogP contribution in [0.5, 0.6) is 0 Å². The lowest BCUT2D eigenvalue weighted by Crippen LogP contribution is -2.21. The summed E-state index contributed by atoms with van der Waals surface area (Å²) in [5.74, 6) is 0.0605. The number of aliphatic imine (C=N–C) groups is 1. The number of nitrogen functional groups attached to an aromatic ring is 1. The number of aromatic nitrogens is 2. The number of amidine groups is 1. The smallest absolute Gasteiger partial charge is 0.199 e. The molecule has 0 amide bonds. The maximum atomic E-state index is 8.97. The van der Waals surface area contributed by atoms with Crippen molar-refractivity contribution >= 4 is 28.9 Å². The predicted octanol–water partition coefficient (Wildman–Crippen LogP) is 1.36. The van der Waals surface area contributed by atoms with Gasteiger partial charge in [-0.2, -0.15) is 0 Å². The largest absolute Gasteiger partial charge is 0.379 e. The van der Waals surface area contributed by atoms with Crippen LogP contribution in [0.25, 0.3) is 0 Å². The number of nitrogens with zero attached hydrogens (tertiary/aromatic N) is 3. The quantitative estimate of drug-likeness (QED) is 0.423. The first-order valence-electron chi connectivity index (χ1n) is 4.53. The zero-order chi connectivity index (χ0) is 12.3. The molecule has 2 rings (SSSR count). The highest BCUT2D eigenvalue weighted by atomic mass is 35.5. The lowest BCUT2D eigenvalue weighted by Gasteiger charge is -2.01. The van der Waals surface area contributed by atoms with E-state index in [1.54, 1.807) is 24.3 Å². The minimum Gasteiger partial charge on any atom is -0.379 e. The second kappa shape index (κ2) is 4.81. The number of anilines is 1. The van der Waals surface area contributed by atoms with E-state index < -0.39 is 0 Å². The van der Waals surface area contributed by atoms with Gasteiger partial charge in [0.1, 0.15) is 0 Å². The molecule has 0 aliphatic carbocycles. The summed E-state index contributed by atoms with van der Waals surface area (Å²) in [6.45, 7) is 0. The van der Waals surface area contributed by atoms with Gasteiger partial charge in [-0.1, -0.05) is 11.6 Å². The van der Waals surface area contributed by atoms with Crippen molar-refractivity contribution in [3.8, 4) is 0 Å². The fourth-order valence-electron chi connectivity index (χ4n) is 1.14. The summed E-state index contributed by atoms with van der Waals surface area (Å²) in [5, 5.41) is 16.4. The highest BCUT2D eigenvalue weighted by molar-refractivity contribution is 6.30. The summed E-state index contributed by atoms with van der Waals surface area (Å²) < 4.78 is 4.41. The van der Waals surface area contributed by atoms with Gasteiger partial charge in [0.25, 0.3) is 0 Å². The van der Waals surface area contributed by atoms with Gasteiger partial charge in [-0.05, 0) is 34.6 Å². The Labute approximate surface area is 101 Å². The minimum atomic E-state index is 0.0271. The van der Waals surface area contributed by atoms with Crippen LogP contribution in [0.15, 0.2) is 33.9 Å². The fraction of sp³-hybridized carbons (Fsp3) is 0. The van der Waals surface area contributed by atoms with Gasteiger partial charge in [0.15, 0.2) is 17.3 Å². The minimum absolute atomic E-state index is 0.0271. The fourth-order valence-corrected chi connectivity index (χ4v) is 1.26. The maximum absolute atomic E-state index is 8.97. The topological polar surface area (TPSA) is 110 Å². The molecule has 17 heavy (non-hydrogen) atoms. The normalized spacial score (nSPS) is 11.5. The molecule has 88 valence electrons. The van der Waals surface area contributed by atoms with E-state index in [-0.39, 0.29) is 17.3 Å². The maximum Gasteiger partial charge on any atom is 0.199 e. The molecule has 0 saturated carbocycles. The summed E-state index contributed by atoms with van der Waals surface area (Å²) >= 11 is 5.74. The second-order valence-corrected chi connectivity index (χ2v) is 3.48. The van der Waals surface area contributed by atoms with Crippen molar-refractivity contribution in [3.63, 3.8) is 0 Å². The van der Waals surface area contributed by atoms with Crippen LogP contribution in [0.3, 0.4) is 0 Å². The Kier molecular flexibility index (Phi) is 3.22. The van der Waals surface area contributed by atoms with Crippen LogP contribution < -0.4 is 11.2 Å². The SMILES string of the molecule is Nc1nonc1C(=Nc1ccc(Cl)cc1)NO. The molecule has 0 spiro atoms. The van der Waals surface area contributed by atoms with Gasteiger partial charge in [-0.3, -0.25) is 10.7 Å². The standard InChI is InChI=1S/C9H8ClN5O2/c10-5-1-3-6(4-2-5)12-9(13-16)7-8(11)15-17-14-7/h1-4,16H,(H2,11,15)(H,12,13). The molecular weight excluding hydrogens is 246 g/mol. The zero-order valence-corrected chi connectivity index (χ0v) is 9.22. The molecule has 0 saturated heterocycles. The van der Waals surface area contributed by atoms with E-state index in [0.717, 1.165) is 0 Å². The van der Waals surface area contributed by atoms with Gasteiger partial charge < -0.3 is 5.73 Å². The van der Waals surface area contributed by atoms with Gasteiger partial charge in [0, 0.05) is 5.02 Å².